The number of esters is 1. The number of ether oxygens (including phenoxy) is 1. The number of hydrogen-bond acceptors (Lipinski definition) is 6. The number of hydrogen-bond donors (Lipinski definition) is 1. The lowest BCUT2D eigenvalue weighted by Gasteiger charge is -2.10. The highest BCUT2D eigenvalue weighted by atomic mass is 32.2. The lowest BCUT2D eigenvalue weighted by atomic mass is 10.1. The molecular weight excluding hydrogens is 404 g/mol. The van der Waals surface area contributed by atoms with Crippen molar-refractivity contribution in [3.8, 4) is 0 Å². The van der Waals surface area contributed by atoms with E-state index in [1.54, 1.807) is 35.7 Å². The predicted octanol–water partition coefficient (Wildman–Crippen LogP) is 3.93. The van der Waals surface area contributed by atoms with E-state index < -0.39 is 5.97 Å². The van der Waals surface area contributed by atoms with E-state index in [2.05, 4.69) is 22.4 Å². The molecule has 3 rings (SSSR count). The molecule has 0 unspecified atom stereocenters. The van der Waals surface area contributed by atoms with Crippen molar-refractivity contribution >= 4 is 39.8 Å². The Labute approximate surface area is 179 Å². The van der Waals surface area contributed by atoms with E-state index in [9.17, 15) is 9.59 Å². The Hall–Kier alpha value is -2.25. The summed E-state index contributed by atoms with van der Waals surface area (Å²) in [5.74, 6) is 0.923. The Kier molecular flexibility index (Phi) is 8.64. The Morgan fingerprint density at radius 1 is 1.10 bits per heavy atom. The van der Waals surface area contributed by atoms with Gasteiger partial charge >= 0.3 is 5.97 Å². The lowest BCUT2D eigenvalue weighted by Crippen LogP contribution is -2.30. The first-order chi connectivity index (χ1) is 14.2. The number of aliphatic imine (C=N–C) groups is 1. The number of carbonyl (C=O) groups is 2. The van der Waals surface area contributed by atoms with E-state index in [-0.39, 0.29) is 12.5 Å². The molecule has 1 heterocycles. The molecule has 1 aliphatic heterocycles. The van der Waals surface area contributed by atoms with E-state index in [1.807, 2.05) is 30.3 Å². The summed E-state index contributed by atoms with van der Waals surface area (Å²) in [5.41, 5.74) is 2.63. The van der Waals surface area contributed by atoms with Crippen LogP contribution in [-0.4, -0.2) is 41.7 Å². The standard InChI is InChI=1S/C22H24N2O3S2/c25-20(23-12-6-9-17-7-2-1-3-8-17)15-27-21(26)19-11-5-4-10-18(19)16-29-22-24-13-14-28-22/h1-5,7-8,10-11H,6,9,12-16H2,(H,23,25). The van der Waals surface area contributed by atoms with Crippen LogP contribution in [0.25, 0.3) is 0 Å². The van der Waals surface area contributed by atoms with Crippen LogP contribution in [0, 0.1) is 0 Å². The van der Waals surface area contributed by atoms with Gasteiger partial charge in [0, 0.05) is 18.1 Å². The lowest BCUT2D eigenvalue weighted by molar-refractivity contribution is -0.124. The molecule has 152 valence electrons. The Morgan fingerprint density at radius 3 is 2.69 bits per heavy atom. The summed E-state index contributed by atoms with van der Waals surface area (Å²) in [6.07, 6.45) is 1.74. The zero-order valence-corrected chi connectivity index (χ0v) is 17.8. The molecule has 7 heteroatoms. The molecule has 1 N–H and O–H groups in total. The van der Waals surface area contributed by atoms with Crippen LogP contribution >= 0.6 is 23.5 Å². The number of rotatable bonds is 9. The van der Waals surface area contributed by atoms with Gasteiger partial charge in [0.05, 0.1) is 12.1 Å². The quantitative estimate of drug-likeness (QED) is 0.484. The fourth-order valence-electron chi connectivity index (χ4n) is 2.81. The van der Waals surface area contributed by atoms with E-state index in [0.29, 0.717) is 17.9 Å². The number of nitrogens with zero attached hydrogens (tertiary/aromatic N) is 1. The van der Waals surface area contributed by atoms with Crippen molar-refractivity contribution in [2.75, 3.05) is 25.4 Å². The second kappa shape index (κ2) is 11.7. The third-order valence-corrected chi connectivity index (χ3v) is 6.59. The van der Waals surface area contributed by atoms with Crippen molar-refractivity contribution < 1.29 is 14.3 Å². The summed E-state index contributed by atoms with van der Waals surface area (Å²) in [7, 11) is 0. The molecule has 0 aromatic heterocycles. The molecule has 0 atom stereocenters. The molecule has 2 aromatic carbocycles. The highest BCUT2D eigenvalue weighted by Gasteiger charge is 2.15. The number of carbonyl (C=O) groups excluding carboxylic acids is 2. The van der Waals surface area contributed by atoms with Crippen LogP contribution in [0.15, 0.2) is 59.6 Å². The van der Waals surface area contributed by atoms with Gasteiger partial charge in [-0.25, -0.2) is 4.79 Å². The Bertz CT molecular complexity index is 856. The second-order valence-corrected chi connectivity index (χ2v) is 8.76. The van der Waals surface area contributed by atoms with Crippen LogP contribution in [-0.2, 0) is 21.7 Å². The topological polar surface area (TPSA) is 67.8 Å². The number of aryl methyl sites for hydroxylation is 1. The van der Waals surface area contributed by atoms with Crippen molar-refractivity contribution in [3.05, 3.63) is 71.3 Å². The molecule has 0 fully saturated rings. The average molecular weight is 429 g/mol. The van der Waals surface area contributed by atoms with E-state index in [0.717, 1.165) is 35.1 Å². The minimum absolute atomic E-state index is 0.270. The van der Waals surface area contributed by atoms with Gasteiger partial charge in [-0.1, -0.05) is 72.1 Å². The van der Waals surface area contributed by atoms with Crippen LogP contribution in [0.2, 0.25) is 0 Å². The minimum atomic E-state index is -0.471. The summed E-state index contributed by atoms with van der Waals surface area (Å²) < 4.78 is 6.28. The van der Waals surface area contributed by atoms with E-state index in [1.165, 1.54) is 5.56 Å². The normalized spacial score (nSPS) is 13.0. The van der Waals surface area contributed by atoms with Crippen molar-refractivity contribution in [3.63, 3.8) is 0 Å². The van der Waals surface area contributed by atoms with Gasteiger partial charge in [-0.2, -0.15) is 0 Å². The van der Waals surface area contributed by atoms with E-state index >= 15 is 0 Å². The smallest absolute Gasteiger partial charge is 0.338 e. The van der Waals surface area contributed by atoms with Crippen molar-refractivity contribution in [2.45, 2.75) is 18.6 Å². The maximum absolute atomic E-state index is 12.4. The summed E-state index contributed by atoms with van der Waals surface area (Å²) in [6, 6.07) is 17.5. The third-order valence-electron chi connectivity index (χ3n) is 4.29. The maximum Gasteiger partial charge on any atom is 0.338 e. The summed E-state index contributed by atoms with van der Waals surface area (Å²) in [5, 5.41) is 2.80. The Balaban J connectivity index is 1.40. The summed E-state index contributed by atoms with van der Waals surface area (Å²) in [4.78, 5) is 28.8. The molecule has 29 heavy (non-hydrogen) atoms. The van der Waals surface area contributed by atoms with Crippen molar-refractivity contribution in [1.29, 1.82) is 0 Å². The van der Waals surface area contributed by atoms with Crippen LogP contribution in [0.3, 0.4) is 0 Å². The zero-order valence-electron chi connectivity index (χ0n) is 16.1. The van der Waals surface area contributed by atoms with Gasteiger partial charge in [0.2, 0.25) is 0 Å². The molecular formula is C22H24N2O3S2. The fourth-order valence-corrected chi connectivity index (χ4v) is 4.83. The van der Waals surface area contributed by atoms with Gasteiger partial charge < -0.3 is 10.1 Å². The molecule has 0 radical (unpaired) electrons. The molecule has 0 spiro atoms. The Morgan fingerprint density at radius 2 is 1.90 bits per heavy atom. The zero-order chi connectivity index (χ0) is 20.3. The van der Waals surface area contributed by atoms with Gasteiger partial charge in [-0.3, -0.25) is 9.79 Å². The van der Waals surface area contributed by atoms with Crippen LogP contribution in [0.5, 0.6) is 0 Å². The van der Waals surface area contributed by atoms with Crippen LogP contribution in [0.4, 0.5) is 0 Å². The summed E-state index contributed by atoms with van der Waals surface area (Å²) >= 11 is 3.37. The molecule has 2 aromatic rings. The van der Waals surface area contributed by atoms with Gasteiger partial charge in [0.15, 0.2) is 6.61 Å². The monoisotopic (exact) mass is 428 g/mol. The second-order valence-electron chi connectivity index (χ2n) is 6.46. The van der Waals surface area contributed by atoms with Crippen LogP contribution in [0.1, 0.15) is 27.9 Å². The minimum Gasteiger partial charge on any atom is -0.452 e. The highest BCUT2D eigenvalue weighted by Crippen LogP contribution is 2.26. The predicted molar refractivity (Wildman–Crippen MR) is 121 cm³/mol. The molecule has 5 nitrogen and oxygen atoms in total. The average Bonchev–Trinajstić information content (AvgIpc) is 3.28. The van der Waals surface area contributed by atoms with Gasteiger partial charge in [0.1, 0.15) is 4.38 Å². The highest BCUT2D eigenvalue weighted by molar-refractivity contribution is 8.38. The van der Waals surface area contributed by atoms with Gasteiger partial charge in [0.25, 0.3) is 5.91 Å². The number of thioether (sulfide) groups is 2. The van der Waals surface area contributed by atoms with Crippen LogP contribution < -0.4 is 5.32 Å². The first-order valence-corrected chi connectivity index (χ1v) is 11.5. The molecule has 0 saturated carbocycles. The molecule has 1 aliphatic rings. The largest absolute Gasteiger partial charge is 0.452 e. The van der Waals surface area contributed by atoms with Gasteiger partial charge in [-0.05, 0) is 30.0 Å². The number of amides is 1. The third kappa shape index (κ3) is 7.25. The van der Waals surface area contributed by atoms with E-state index in [4.69, 9.17) is 4.74 Å². The molecule has 0 saturated heterocycles. The first-order valence-electron chi connectivity index (χ1n) is 9.58. The molecule has 1 amide bonds. The molecule has 0 bridgehead atoms. The summed E-state index contributed by atoms with van der Waals surface area (Å²) in [6.45, 7) is 1.14. The van der Waals surface area contributed by atoms with Gasteiger partial charge in [-0.15, -0.1) is 0 Å². The number of benzene rings is 2. The van der Waals surface area contributed by atoms with Crippen molar-refractivity contribution in [1.82, 2.24) is 5.32 Å². The first kappa shape index (κ1) is 21.5. The SMILES string of the molecule is O=C(COC(=O)c1ccccc1CSC1=NCCS1)NCCCc1ccccc1. The maximum atomic E-state index is 12.4. The number of nitrogens with one attached hydrogen (secondary N) is 1. The fraction of sp³-hybridized carbons (Fsp3) is 0.318. The molecule has 0 aliphatic carbocycles. The van der Waals surface area contributed by atoms with Crippen molar-refractivity contribution in [2.24, 2.45) is 4.99 Å².